The molecule has 0 unspecified atom stereocenters. The van der Waals surface area contributed by atoms with Gasteiger partial charge in [0.05, 0.1) is 17.5 Å². The first-order valence-corrected chi connectivity index (χ1v) is 8.47. The van der Waals surface area contributed by atoms with Gasteiger partial charge < -0.3 is 14.3 Å². The number of aromatic nitrogens is 4. The van der Waals surface area contributed by atoms with Crippen molar-refractivity contribution in [2.45, 2.75) is 37.5 Å². The van der Waals surface area contributed by atoms with Gasteiger partial charge in [-0.2, -0.15) is 10.1 Å². The lowest BCUT2D eigenvalue weighted by Crippen LogP contribution is -2.38. The van der Waals surface area contributed by atoms with Crippen LogP contribution in [0.2, 0.25) is 0 Å². The van der Waals surface area contributed by atoms with Crippen molar-refractivity contribution in [2.75, 3.05) is 32.1 Å². The van der Waals surface area contributed by atoms with Crippen LogP contribution in [0.4, 0.5) is 5.95 Å². The first kappa shape index (κ1) is 15.2. The molecule has 4 rings (SSSR count). The molecule has 3 heterocycles. The van der Waals surface area contributed by atoms with Crippen LogP contribution >= 0.6 is 0 Å². The lowest BCUT2D eigenvalue weighted by molar-refractivity contribution is 0.0703. The fourth-order valence-electron chi connectivity index (χ4n) is 3.22. The molecule has 8 nitrogen and oxygen atoms in total. The van der Waals surface area contributed by atoms with Crippen molar-refractivity contribution in [1.82, 2.24) is 25.2 Å². The normalized spacial score (nSPS) is 18.8. The molecular weight excluding hydrogens is 308 g/mol. The Hall–Kier alpha value is -2.38. The summed E-state index contributed by atoms with van der Waals surface area (Å²) in [4.78, 5) is 20.9. The van der Waals surface area contributed by atoms with Crippen LogP contribution in [0, 0.1) is 0 Å². The average Bonchev–Trinajstić information content (AvgIpc) is 3.13. The van der Waals surface area contributed by atoms with E-state index in [9.17, 15) is 4.79 Å². The van der Waals surface area contributed by atoms with Gasteiger partial charge in [-0.25, -0.2) is 0 Å². The molecule has 8 heteroatoms. The maximum atomic E-state index is 12.8. The van der Waals surface area contributed by atoms with Crippen molar-refractivity contribution in [1.29, 1.82) is 0 Å². The first-order valence-electron chi connectivity index (χ1n) is 8.47. The number of nitrogens with zero attached hydrogens (tertiary/aromatic N) is 5. The summed E-state index contributed by atoms with van der Waals surface area (Å²) in [6.07, 6.45) is 5.66. The smallest absolute Gasteiger partial charge is 0.265 e. The summed E-state index contributed by atoms with van der Waals surface area (Å²) < 4.78 is 5.37. The maximum Gasteiger partial charge on any atom is 0.265 e. The quantitative estimate of drug-likeness (QED) is 0.918. The van der Waals surface area contributed by atoms with E-state index in [0.29, 0.717) is 30.8 Å². The number of amides is 1. The molecule has 1 aliphatic carbocycles. The summed E-state index contributed by atoms with van der Waals surface area (Å²) >= 11 is 0. The van der Waals surface area contributed by atoms with Gasteiger partial charge in [-0.1, -0.05) is 0 Å². The largest absolute Gasteiger partial charge is 0.344 e. The fraction of sp³-hybridized carbons (Fsp3) is 0.625. The minimum Gasteiger partial charge on any atom is -0.344 e. The molecule has 1 saturated heterocycles. The standard InChI is InChI=1S/C16H22N6O2/c1-21(2)16-18-14(24-20-16)11-5-7-22(8-6-11)15(23)12-9-17-19-13(12)10-3-4-10/h9-11H,3-8H2,1-2H3,(H,17,19). The van der Waals surface area contributed by atoms with Gasteiger partial charge in [0.25, 0.3) is 11.9 Å². The third-order valence-electron chi connectivity index (χ3n) is 4.85. The van der Waals surface area contributed by atoms with Gasteiger partial charge in [-0.05, 0) is 30.8 Å². The summed E-state index contributed by atoms with van der Waals surface area (Å²) in [5, 5.41) is 11.0. The zero-order valence-corrected chi connectivity index (χ0v) is 14.0. The number of likely N-dealkylation sites (tertiary alicyclic amines) is 1. The third kappa shape index (κ3) is 2.76. The third-order valence-corrected chi connectivity index (χ3v) is 4.85. The molecule has 24 heavy (non-hydrogen) atoms. The second kappa shape index (κ2) is 5.92. The Bertz CT molecular complexity index is 725. The summed E-state index contributed by atoms with van der Waals surface area (Å²) in [6, 6.07) is 0. The number of aromatic amines is 1. The van der Waals surface area contributed by atoms with E-state index in [4.69, 9.17) is 4.52 Å². The summed E-state index contributed by atoms with van der Waals surface area (Å²) in [7, 11) is 3.77. The molecule has 2 aliphatic rings. The fourth-order valence-corrected chi connectivity index (χ4v) is 3.22. The van der Waals surface area contributed by atoms with Crippen LogP contribution in [0.3, 0.4) is 0 Å². The van der Waals surface area contributed by atoms with Gasteiger partial charge in [0, 0.05) is 39.0 Å². The molecule has 1 saturated carbocycles. The van der Waals surface area contributed by atoms with Crippen LogP contribution in [-0.4, -0.2) is 58.3 Å². The lowest BCUT2D eigenvalue weighted by atomic mass is 9.96. The van der Waals surface area contributed by atoms with Crippen LogP contribution in [-0.2, 0) is 0 Å². The topological polar surface area (TPSA) is 91.2 Å². The monoisotopic (exact) mass is 330 g/mol. The van der Waals surface area contributed by atoms with E-state index in [-0.39, 0.29) is 11.8 Å². The molecule has 1 amide bonds. The van der Waals surface area contributed by atoms with Gasteiger partial charge in [-0.3, -0.25) is 9.89 Å². The Morgan fingerprint density at radius 2 is 2.00 bits per heavy atom. The lowest BCUT2D eigenvalue weighted by Gasteiger charge is -2.30. The minimum atomic E-state index is 0.0867. The highest BCUT2D eigenvalue weighted by Gasteiger charge is 2.33. The molecular formula is C16H22N6O2. The number of carbonyl (C=O) groups excluding carboxylic acids is 1. The molecule has 2 fully saturated rings. The van der Waals surface area contributed by atoms with Gasteiger partial charge in [-0.15, -0.1) is 0 Å². The number of anilines is 1. The molecule has 2 aromatic heterocycles. The number of H-pyrrole nitrogens is 1. The van der Waals surface area contributed by atoms with Crippen LogP contribution in [0.25, 0.3) is 0 Å². The molecule has 0 bridgehead atoms. The number of nitrogens with one attached hydrogen (secondary N) is 1. The number of carbonyl (C=O) groups is 1. The van der Waals surface area contributed by atoms with Crippen LogP contribution in [0.15, 0.2) is 10.7 Å². The van der Waals surface area contributed by atoms with Crippen molar-refractivity contribution in [3.63, 3.8) is 0 Å². The van der Waals surface area contributed by atoms with E-state index in [1.807, 2.05) is 23.9 Å². The first-order chi connectivity index (χ1) is 11.6. The highest BCUT2D eigenvalue weighted by atomic mass is 16.5. The highest BCUT2D eigenvalue weighted by Crippen LogP contribution is 2.41. The predicted octanol–water partition coefficient (Wildman–Crippen LogP) is 1.76. The Labute approximate surface area is 140 Å². The van der Waals surface area contributed by atoms with E-state index < -0.39 is 0 Å². The van der Waals surface area contributed by atoms with E-state index in [1.165, 1.54) is 0 Å². The number of hydrogen-bond donors (Lipinski definition) is 1. The molecule has 1 N–H and O–H groups in total. The molecule has 0 atom stereocenters. The van der Waals surface area contributed by atoms with Gasteiger partial charge in [0.15, 0.2) is 0 Å². The summed E-state index contributed by atoms with van der Waals surface area (Å²) in [5.74, 6) is 2.07. The number of rotatable bonds is 4. The SMILES string of the molecule is CN(C)c1noc(C2CCN(C(=O)c3cn[nH]c3C3CC3)CC2)n1. The van der Waals surface area contributed by atoms with Gasteiger partial charge in [0.1, 0.15) is 0 Å². The van der Waals surface area contributed by atoms with Crippen LogP contribution in [0.1, 0.15) is 59.5 Å². The summed E-state index contributed by atoms with van der Waals surface area (Å²) in [5.41, 5.74) is 1.75. The Kier molecular flexibility index (Phi) is 3.74. The van der Waals surface area contributed by atoms with Crippen molar-refractivity contribution in [2.24, 2.45) is 0 Å². The van der Waals surface area contributed by atoms with Gasteiger partial charge in [0.2, 0.25) is 5.89 Å². The van der Waals surface area contributed by atoms with E-state index in [2.05, 4.69) is 20.3 Å². The Morgan fingerprint density at radius 1 is 1.25 bits per heavy atom. The van der Waals surface area contributed by atoms with Crippen LogP contribution < -0.4 is 4.90 Å². The number of piperidine rings is 1. The number of hydrogen-bond acceptors (Lipinski definition) is 6. The van der Waals surface area contributed by atoms with Crippen LogP contribution in [0.5, 0.6) is 0 Å². The summed E-state index contributed by atoms with van der Waals surface area (Å²) in [6.45, 7) is 1.41. The van der Waals surface area contributed by atoms with Gasteiger partial charge >= 0.3 is 0 Å². The van der Waals surface area contributed by atoms with E-state index in [0.717, 1.165) is 36.9 Å². The minimum absolute atomic E-state index is 0.0867. The molecule has 0 radical (unpaired) electrons. The Morgan fingerprint density at radius 3 is 2.62 bits per heavy atom. The average molecular weight is 330 g/mol. The maximum absolute atomic E-state index is 12.8. The second-order valence-electron chi connectivity index (χ2n) is 6.87. The van der Waals surface area contributed by atoms with E-state index >= 15 is 0 Å². The molecule has 0 spiro atoms. The van der Waals surface area contributed by atoms with E-state index in [1.54, 1.807) is 6.20 Å². The van der Waals surface area contributed by atoms with Crippen molar-refractivity contribution >= 4 is 11.9 Å². The van der Waals surface area contributed by atoms with Crippen molar-refractivity contribution < 1.29 is 9.32 Å². The molecule has 0 aromatic carbocycles. The molecule has 1 aliphatic heterocycles. The Balaban J connectivity index is 1.40. The van der Waals surface area contributed by atoms with Crippen molar-refractivity contribution in [3.05, 3.63) is 23.3 Å². The highest BCUT2D eigenvalue weighted by molar-refractivity contribution is 5.95. The predicted molar refractivity (Wildman–Crippen MR) is 87.1 cm³/mol. The van der Waals surface area contributed by atoms with Crippen molar-refractivity contribution in [3.8, 4) is 0 Å². The molecule has 2 aromatic rings. The zero-order valence-electron chi connectivity index (χ0n) is 14.0. The molecule has 128 valence electrons. The zero-order chi connectivity index (χ0) is 16.7. The second-order valence-corrected chi connectivity index (χ2v) is 6.87.